The summed E-state index contributed by atoms with van der Waals surface area (Å²) >= 11 is 0. The molecule has 0 saturated carbocycles. The molecule has 0 amide bonds. The van der Waals surface area contributed by atoms with Crippen molar-refractivity contribution in [3.05, 3.63) is 0 Å². The molecule has 1 unspecified atom stereocenters. The molecule has 0 saturated heterocycles. The molecule has 1 atom stereocenters. The van der Waals surface area contributed by atoms with Crippen LogP contribution in [0.4, 0.5) is 0 Å². The Labute approximate surface area is 61.4 Å². The van der Waals surface area contributed by atoms with E-state index in [1.807, 2.05) is 0 Å². The van der Waals surface area contributed by atoms with E-state index in [4.69, 9.17) is 5.73 Å². The van der Waals surface area contributed by atoms with Gasteiger partial charge in [-0.15, -0.1) is 4.99 Å². The molecule has 0 aliphatic heterocycles. The quantitative estimate of drug-likeness (QED) is 0.323. The first-order valence-corrected chi connectivity index (χ1v) is 3.55. The van der Waals surface area contributed by atoms with Gasteiger partial charge in [0, 0.05) is 6.04 Å². The van der Waals surface area contributed by atoms with E-state index in [2.05, 4.69) is 22.7 Å². The van der Waals surface area contributed by atoms with Gasteiger partial charge in [-0.25, -0.2) is 4.89 Å². The maximum absolute atomic E-state index is 5.63. The summed E-state index contributed by atoms with van der Waals surface area (Å²) in [6, 6.07) is 0.279. The minimum absolute atomic E-state index is 0.279. The molecule has 0 aromatic heterocycles. The van der Waals surface area contributed by atoms with E-state index in [0.717, 1.165) is 19.3 Å². The Bertz CT molecular complexity index is 70.8. The average Bonchev–Trinajstić information content (AvgIpc) is 1.98. The largest absolute Gasteiger partial charge is 0.328 e. The fraction of sp³-hybridized carbons (Fsp3) is 1.00. The van der Waals surface area contributed by atoms with Crippen LogP contribution in [0, 0.1) is 0 Å². The molecule has 4 N–H and O–H groups in total. The molecular weight excluding hydrogens is 132 g/mol. The van der Waals surface area contributed by atoms with E-state index in [-0.39, 0.29) is 6.04 Å². The van der Waals surface area contributed by atoms with E-state index >= 15 is 0 Å². The first-order chi connectivity index (χ1) is 4.81. The molecule has 0 aliphatic carbocycles. The van der Waals surface area contributed by atoms with Crippen LogP contribution >= 0.6 is 0 Å². The van der Waals surface area contributed by atoms with Gasteiger partial charge in [-0.1, -0.05) is 6.92 Å². The molecule has 0 radical (unpaired) electrons. The van der Waals surface area contributed by atoms with E-state index in [1.54, 1.807) is 0 Å². The Hall–Kier alpha value is -0.160. The molecule has 0 aromatic rings. The maximum atomic E-state index is 5.63. The normalized spacial score (nSPS) is 13.5. The smallest absolute Gasteiger partial charge is 0.0842 e. The predicted molar refractivity (Wildman–Crippen MR) is 38.7 cm³/mol. The topological polar surface area (TPSA) is 70.5 Å². The molecule has 4 nitrogen and oxygen atoms in total. The fourth-order valence-corrected chi connectivity index (χ4v) is 0.657. The van der Waals surface area contributed by atoms with Crippen molar-refractivity contribution in [2.24, 2.45) is 11.6 Å². The lowest BCUT2D eigenvalue weighted by Crippen LogP contribution is -2.19. The SMILES string of the molecule is CCC(N)CCCOON. The van der Waals surface area contributed by atoms with Gasteiger partial charge in [-0.05, 0) is 19.3 Å². The van der Waals surface area contributed by atoms with Crippen molar-refractivity contribution in [2.45, 2.75) is 32.2 Å². The van der Waals surface area contributed by atoms with Gasteiger partial charge in [0.15, 0.2) is 0 Å². The van der Waals surface area contributed by atoms with Gasteiger partial charge in [-0.3, -0.25) is 0 Å². The van der Waals surface area contributed by atoms with Gasteiger partial charge < -0.3 is 5.73 Å². The van der Waals surface area contributed by atoms with Crippen molar-refractivity contribution in [1.82, 2.24) is 0 Å². The lowest BCUT2D eigenvalue weighted by molar-refractivity contribution is -0.300. The second-order valence-corrected chi connectivity index (χ2v) is 2.23. The first-order valence-electron chi connectivity index (χ1n) is 3.55. The third-order valence-electron chi connectivity index (χ3n) is 1.40. The van der Waals surface area contributed by atoms with Crippen molar-refractivity contribution in [1.29, 1.82) is 0 Å². The monoisotopic (exact) mass is 148 g/mol. The molecule has 0 bridgehead atoms. The Balaban J connectivity index is 2.89. The summed E-state index contributed by atoms with van der Waals surface area (Å²) < 4.78 is 0. The molecule has 10 heavy (non-hydrogen) atoms. The van der Waals surface area contributed by atoms with Crippen LogP contribution in [0.3, 0.4) is 0 Å². The van der Waals surface area contributed by atoms with Crippen LogP contribution in [-0.4, -0.2) is 12.6 Å². The summed E-state index contributed by atoms with van der Waals surface area (Å²) in [5, 5.41) is 0. The Kier molecular flexibility index (Phi) is 6.84. The van der Waals surface area contributed by atoms with Crippen LogP contribution in [0.5, 0.6) is 0 Å². The second kappa shape index (κ2) is 6.95. The van der Waals surface area contributed by atoms with Crippen molar-refractivity contribution >= 4 is 0 Å². The van der Waals surface area contributed by atoms with Crippen LogP contribution in [0.15, 0.2) is 0 Å². The minimum Gasteiger partial charge on any atom is -0.328 e. The standard InChI is InChI=1S/C6H16N2O2/c1-2-6(7)4-3-5-9-10-8/h6H,2-5,7-8H2,1H3. The summed E-state index contributed by atoms with van der Waals surface area (Å²) in [6.45, 7) is 2.58. The highest BCUT2D eigenvalue weighted by Gasteiger charge is 1.97. The van der Waals surface area contributed by atoms with Crippen molar-refractivity contribution in [3.63, 3.8) is 0 Å². The zero-order chi connectivity index (χ0) is 7.82. The Morgan fingerprint density at radius 2 is 2.20 bits per heavy atom. The molecule has 62 valence electrons. The molecule has 0 fully saturated rings. The van der Waals surface area contributed by atoms with Gasteiger partial charge in [0.25, 0.3) is 0 Å². The van der Waals surface area contributed by atoms with E-state index in [0.29, 0.717) is 6.61 Å². The van der Waals surface area contributed by atoms with Gasteiger partial charge in [0.05, 0.1) is 6.61 Å². The predicted octanol–water partition coefficient (Wildman–Crippen LogP) is 0.326. The molecular formula is C6H16N2O2. The number of rotatable bonds is 6. The van der Waals surface area contributed by atoms with Gasteiger partial charge in [-0.2, -0.15) is 5.90 Å². The van der Waals surface area contributed by atoms with Gasteiger partial charge in [0.2, 0.25) is 0 Å². The highest BCUT2D eigenvalue weighted by molar-refractivity contribution is 4.56. The minimum atomic E-state index is 0.279. The average molecular weight is 148 g/mol. The maximum Gasteiger partial charge on any atom is 0.0842 e. The lowest BCUT2D eigenvalue weighted by atomic mass is 10.1. The third-order valence-corrected chi connectivity index (χ3v) is 1.40. The molecule has 0 heterocycles. The molecule has 0 aromatic carbocycles. The van der Waals surface area contributed by atoms with Gasteiger partial charge in [0.1, 0.15) is 0 Å². The number of hydrogen-bond acceptors (Lipinski definition) is 4. The first kappa shape index (κ1) is 9.84. The van der Waals surface area contributed by atoms with E-state index < -0.39 is 0 Å². The zero-order valence-corrected chi connectivity index (χ0v) is 6.38. The van der Waals surface area contributed by atoms with E-state index in [9.17, 15) is 0 Å². The Morgan fingerprint density at radius 1 is 1.50 bits per heavy atom. The fourth-order valence-electron chi connectivity index (χ4n) is 0.657. The number of hydrogen-bond donors (Lipinski definition) is 2. The summed E-state index contributed by atoms with van der Waals surface area (Å²) in [7, 11) is 0. The lowest BCUT2D eigenvalue weighted by Gasteiger charge is -2.06. The molecule has 0 rings (SSSR count). The summed E-state index contributed by atoms with van der Waals surface area (Å²) in [4.78, 5) is 8.37. The molecule has 0 spiro atoms. The van der Waals surface area contributed by atoms with Crippen molar-refractivity contribution in [3.8, 4) is 0 Å². The summed E-state index contributed by atoms with van der Waals surface area (Å²) in [6.07, 6.45) is 2.86. The van der Waals surface area contributed by atoms with Crippen LogP contribution < -0.4 is 11.6 Å². The second-order valence-electron chi connectivity index (χ2n) is 2.23. The van der Waals surface area contributed by atoms with Crippen LogP contribution in [-0.2, 0) is 9.88 Å². The molecule has 4 heteroatoms. The highest BCUT2D eigenvalue weighted by atomic mass is 17.3. The van der Waals surface area contributed by atoms with Crippen LogP contribution in [0.1, 0.15) is 26.2 Å². The highest BCUT2D eigenvalue weighted by Crippen LogP contribution is 1.97. The van der Waals surface area contributed by atoms with Crippen LogP contribution in [0.25, 0.3) is 0 Å². The Morgan fingerprint density at radius 3 is 2.70 bits per heavy atom. The third kappa shape index (κ3) is 5.97. The summed E-state index contributed by atoms with van der Waals surface area (Å²) in [5.41, 5.74) is 5.63. The number of nitrogens with two attached hydrogens (primary N) is 2. The van der Waals surface area contributed by atoms with Crippen molar-refractivity contribution < 1.29 is 9.88 Å². The van der Waals surface area contributed by atoms with E-state index in [1.165, 1.54) is 0 Å². The zero-order valence-electron chi connectivity index (χ0n) is 6.38. The van der Waals surface area contributed by atoms with Crippen molar-refractivity contribution in [2.75, 3.05) is 6.61 Å². The molecule has 0 aliphatic rings. The van der Waals surface area contributed by atoms with Crippen LogP contribution in [0.2, 0.25) is 0 Å². The summed E-state index contributed by atoms with van der Waals surface area (Å²) in [5.74, 6) is 4.62. The van der Waals surface area contributed by atoms with Gasteiger partial charge >= 0.3 is 0 Å².